The molecule has 2 aromatic heterocycles. The van der Waals surface area contributed by atoms with Gasteiger partial charge in [-0.05, 0) is 54.4 Å². The minimum atomic E-state index is -4.28. The third kappa shape index (κ3) is 4.43. The van der Waals surface area contributed by atoms with Crippen LogP contribution in [0.25, 0.3) is 31.9 Å². The maximum Gasteiger partial charge on any atom is 0.398 e. The molecule has 0 saturated heterocycles. The highest BCUT2D eigenvalue weighted by Crippen LogP contribution is 2.37. The molecule has 4 rings (SSSR count). The summed E-state index contributed by atoms with van der Waals surface area (Å²) in [7, 11) is 0. The molecular weight excluding hydrogens is 420 g/mol. The van der Waals surface area contributed by atoms with E-state index in [1.807, 2.05) is 18.2 Å². The number of fused-ring (bicyclic) bond motifs is 1. The number of aryl methyl sites for hydroxylation is 1. The zero-order chi connectivity index (χ0) is 20.6. The summed E-state index contributed by atoms with van der Waals surface area (Å²) in [4.78, 5) is 9.10. The number of rotatable bonds is 4. The number of alkyl halides is 3. The molecule has 0 aliphatic heterocycles. The second-order valence-corrected chi connectivity index (χ2v) is 8.49. The van der Waals surface area contributed by atoms with Crippen molar-refractivity contribution in [3.8, 4) is 21.7 Å². The van der Waals surface area contributed by atoms with E-state index in [9.17, 15) is 17.6 Å². The summed E-state index contributed by atoms with van der Waals surface area (Å²) in [6.45, 7) is 1.61. The topological polar surface area (TPSA) is 25.8 Å². The molecule has 29 heavy (non-hydrogen) atoms. The Balaban J connectivity index is 1.72. The fourth-order valence-corrected chi connectivity index (χ4v) is 4.70. The molecular formula is C21H14F4N2S2. The van der Waals surface area contributed by atoms with Crippen molar-refractivity contribution in [1.82, 2.24) is 9.97 Å². The van der Waals surface area contributed by atoms with Crippen LogP contribution in [0.4, 0.5) is 17.6 Å². The van der Waals surface area contributed by atoms with E-state index in [2.05, 4.69) is 9.97 Å². The lowest BCUT2D eigenvalue weighted by Crippen LogP contribution is -2.10. The Labute approximate surface area is 172 Å². The molecule has 4 aromatic rings. The molecule has 0 N–H and O–H groups in total. The largest absolute Gasteiger partial charge is 0.398 e. The molecule has 0 aliphatic rings. The van der Waals surface area contributed by atoms with Crippen LogP contribution in [0.15, 0.2) is 59.8 Å². The highest BCUT2D eigenvalue weighted by molar-refractivity contribution is 7.99. The van der Waals surface area contributed by atoms with Crippen LogP contribution in [0, 0.1) is 12.7 Å². The first kappa shape index (κ1) is 19.8. The maximum absolute atomic E-state index is 14.6. The second kappa shape index (κ2) is 7.76. The minimum absolute atomic E-state index is 0.276. The molecule has 0 fully saturated rings. The number of benzene rings is 2. The van der Waals surface area contributed by atoms with E-state index in [0.717, 1.165) is 20.8 Å². The molecule has 0 bridgehead atoms. The lowest BCUT2D eigenvalue weighted by atomic mass is 10.0. The standard InChI is InChI=1S/C21H14F4N2S2/c1-12-7-16(22)15(9-18(12)28-11-21(23,24)25)13-4-5-17-19(8-13)29-20(27-17)14-3-2-6-26-10-14/h2-10H,11H2,1H3. The summed E-state index contributed by atoms with van der Waals surface area (Å²) in [5, 5.41) is 0.802. The lowest BCUT2D eigenvalue weighted by molar-refractivity contribution is -0.105. The third-order valence-electron chi connectivity index (χ3n) is 4.26. The van der Waals surface area contributed by atoms with Crippen LogP contribution >= 0.6 is 23.1 Å². The average Bonchev–Trinajstić information content (AvgIpc) is 3.10. The quantitative estimate of drug-likeness (QED) is 0.252. The molecule has 0 atom stereocenters. The number of thioether (sulfide) groups is 1. The zero-order valence-corrected chi connectivity index (χ0v) is 16.8. The Kier molecular flexibility index (Phi) is 5.31. The van der Waals surface area contributed by atoms with E-state index in [4.69, 9.17) is 0 Å². The smallest absolute Gasteiger partial charge is 0.264 e. The number of halogens is 4. The van der Waals surface area contributed by atoms with Gasteiger partial charge in [0.05, 0.1) is 16.0 Å². The molecule has 0 saturated carbocycles. The van der Waals surface area contributed by atoms with Gasteiger partial charge in [0.2, 0.25) is 0 Å². The van der Waals surface area contributed by atoms with Crippen molar-refractivity contribution < 1.29 is 17.6 Å². The van der Waals surface area contributed by atoms with E-state index < -0.39 is 17.7 Å². The normalized spacial score (nSPS) is 11.9. The first-order valence-electron chi connectivity index (χ1n) is 8.61. The van der Waals surface area contributed by atoms with Crippen molar-refractivity contribution in [2.24, 2.45) is 0 Å². The van der Waals surface area contributed by atoms with Gasteiger partial charge in [-0.25, -0.2) is 9.37 Å². The van der Waals surface area contributed by atoms with Crippen LogP contribution in [0.1, 0.15) is 5.56 Å². The molecule has 0 radical (unpaired) electrons. The summed E-state index contributed by atoms with van der Waals surface area (Å²) in [5.41, 5.74) is 3.03. The number of aromatic nitrogens is 2. The third-order valence-corrected chi connectivity index (χ3v) is 6.55. The van der Waals surface area contributed by atoms with E-state index >= 15 is 0 Å². The molecule has 2 heterocycles. The van der Waals surface area contributed by atoms with Gasteiger partial charge in [-0.3, -0.25) is 4.98 Å². The van der Waals surface area contributed by atoms with Crippen LogP contribution in [0.3, 0.4) is 0 Å². The molecule has 0 amide bonds. The van der Waals surface area contributed by atoms with E-state index in [1.165, 1.54) is 23.5 Å². The fourth-order valence-electron chi connectivity index (χ4n) is 2.89. The van der Waals surface area contributed by atoms with Gasteiger partial charge < -0.3 is 0 Å². The number of hydrogen-bond donors (Lipinski definition) is 0. The highest BCUT2D eigenvalue weighted by Gasteiger charge is 2.27. The van der Waals surface area contributed by atoms with Crippen molar-refractivity contribution >= 4 is 33.3 Å². The molecule has 8 heteroatoms. The lowest BCUT2D eigenvalue weighted by Gasteiger charge is -2.12. The van der Waals surface area contributed by atoms with Crippen LogP contribution in [0.5, 0.6) is 0 Å². The molecule has 0 aliphatic carbocycles. The van der Waals surface area contributed by atoms with E-state index in [1.54, 1.807) is 31.5 Å². The SMILES string of the molecule is Cc1cc(F)c(-c2ccc3nc(-c4cccnc4)sc3c2)cc1SCC(F)(F)F. The van der Waals surface area contributed by atoms with Crippen LogP contribution in [-0.4, -0.2) is 21.9 Å². The Bertz CT molecular complexity index is 1170. The Morgan fingerprint density at radius 3 is 2.62 bits per heavy atom. The minimum Gasteiger partial charge on any atom is -0.264 e. The molecule has 148 valence electrons. The number of hydrogen-bond acceptors (Lipinski definition) is 4. The molecule has 2 aromatic carbocycles. The summed E-state index contributed by atoms with van der Waals surface area (Å²) >= 11 is 2.13. The van der Waals surface area contributed by atoms with Crippen molar-refractivity contribution in [2.75, 3.05) is 5.75 Å². The summed E-state index contributed by atoms with van der Waals surface area (Å²) in [6, 6.07) is 11.9. The van der Waals surface area contributed by atoms with E-state index in [-0.39, 0.29) is 5.56 Å². The molecule has 2 nitrogen and oxygen atoms in total. The summed E-state index contributed by atoms with van der Waals surface area (Å²) < 4.78 is 53.2. The van der Waals surface area contributed by atoms with Crippen molar-refractivity contribution in [2.45, 2.75) is 18.0 Å². The van der Waals surface area contributed by atoms with Crippen LogP contribution in [-0.2, 0) is 0 Å². The van der Waals surface area contributed by atoms with E-state index in [0.29, 0.717) is 27.8 Å². The van der Waals surface area contributed by atoms with Gasteiger partial charge in [0, 0.05) is 28.4 Å². The second-order valence-electron chi connectivity index (χ2n) is 6.44. The first-order valence-corrected chi connectivity index (χ1v) is 10.4. The van der Waals surface area contributed by atoms with Gasteiger partial charge in [-0.2, -0.15) is 13.2 Å². The molecule has 0 spiro atoms. The fraction of sp³-hybridized carbons (Fsp3) is 0.143. The Morgan fingerprint density at radius 2 is 1.90 bits per heavy atom. The van der Waals surface area contributed by atoms with Crippen LogP contribution < -0.4 is 0 Å². The van der Waals surface area contributed by atoms with Crippen molar-refractivity contribution in [3.63, 3.8) is 0 Å². The number of nitrogens with zero attached hydrogens (tertiary/aromatic N) is 2. The van der Waals surface area contributed by atoms with Gasteiger partial charge in [0.15, 0.2) is 0 Å². The van der Waals surface area contributed by atoms with Gasteiger partial charge in [0.1, 0.15) is 10.8 Å². The number of pyridine rings is 1. The highest BCUT2D eigenvalue weighted by atomic mass is 32.2. The average molecular weight is 434 g/mol. The predicted molar refractivity (Wildman–Crippen MR) is 110 cm³/mol. The van der Waals surface area contributed by atoms with Crippen molar-refractivity contribution in [3.05, 3.63) is 66.2 Å². The summed E-state index contributed by atoms with van der Waals surface area (Å²) in [5.74, 6) is -1.48. The monoisotopic (exact) mass is 434 g/mol. The van der Waals surface area contributed by atoms with Gasteiger partial charge in [-0.15, -0.1) is 23.1 Å². The zero-order valence-electron chi connectivity index (χ0n) is 15.1. The maximum atomic E-state index is 14.6. The van der Waals surface area contributed by atoms with Gasteiger partial charge in [-0.1, -0.05) is 6.07 Å². The number of thiazole rings is 1. The molecule has 0 unspecified atom stereocenters. The summed E-state index contributed by atoms with van der Waals surface area (Å²) in [6.07, 6.45) is -0.873. The first-order chi connectivity index (χ1) is 13.8. The Morgan fingerprint density at radius 1 is 1.07 bits per heavy atom. The van der Waals surface area contributed by atoms with Crippen molar-refractivity contribution in [1.29, 1.82) is 0 Å². The van der Waals surface area contributed by atoms with Crippen LogP contribution in [0.2, 0.25) is 0 Å². The van der Waals surface area contributed by atoms with Gasteiger partial charge >= 0.3 is 6.18 Å². The Hall–Kier alpha value is -2.45. The van der Waals surface area contributed by atoms with Gasteiger partial charge in [0.25, 0.3) is 0 Å². The predicted octanol–water partition coefficient (Wildman–Crippen LogP) is 7.13.